The van der Waals surface area contributed by atoms with Gasteiger partial charge in [-0.05, 0) is 0 Å². The van der Waals surface area contributed by atoms with E-state index in [4.69, 9.17) is 0 Å². The summed E-state index contributed by atoms with van der Waals surface area (Å²) in [6, 6.07) is 0. The van der Waals surface area contributed by atoms with Gasteiger partial charge in [-0.2, -0.15) is 0 Å². The predicted octanol–water partition coefficient (Wildman–Crippen LogP) is 2.18. The van der Waals surface area contributed by atoms with Crippen LogP contribution in [0.25, 0.3) is 0 Å². The third-order valence-electron chi connectivity index (χ3n) is 15.0. The van der Waals surface area contributed by atoms with Crippen LogP contribution in [-0.4, -0.2) is 29.9 Å². The molecule has 4 heteroatoms. The summed E-state index contributed by atoms with van der Waals surface area (Å²) in [5, 5.41) is 9.75. The number of carboxylic acid groups (broad SMARTS) is 1. The van der Waals surface area contributed by atoms with Gasteiger partial charge in [0.05, 0.1) is 0 Å². The molecule has 10 saturated heterocycles. The number of hydrogen-bond acceptors (Lipinski definition) is 1. The summed E-state index contributed by atoms with van der Waals surface area (Å²) in [5.74, 6) is -0.274. The van der Waals surface area contributed by atoms with Crippen LogP contribution in [0.1, 0.15) is 0 Å². The molecule has 0 aromatic rings. The zero-order chi connectivity index (χ0) is 8.59. The fourth-order valence-corrected chi connectivity index (χ4v) is 90.3. The van der Waals surface area contributed by atoms with Crippen LogP contribution in [0.15, 0.2) is 0 Å². The summed E-state index contributed by atoms with van der Waals surface area (Å²) in [4.78, 5) is 21.8. The molecule has 10 rings (SSSR count). The standard InChI is InChI=1S/C6H5O2.C5H5.Fe.Li.H/c7-6(8)5-3-1-2-4-5;1-2-4-5-3-1;;;/h1-4H,(H,7,8);1-5H;;;. The number of carboxylic acids is 1. The number of fused-ring (bicyclic) bond motifs is 10. The zero-order valence-electron chi connectivity index (χ0n) is 7.41. The Labute approximate surface area is 88.6 Å². The maximum atomic E-state index is 11.8. The van der Waals surface area contributed by atoms with Gasteiger partial charge in [-0.1, -0.05) is 0 Å². The molecule has 0 saturated carbocycles. The maximum absolute atomic E-state index is 11.8. The van der Waals surface area contributed by atoms with E-state index in [9.17, 15) is 9.90 Å². The Morgan fingerprint density at radius 3 is 1.40 bits per heavy atom. The van der Waals surface area contributed by atoms with E-state index in [1.165, 1.54) is 33.7 Å². The van der Waals surface area contributed by atoms with Gasteiger partial charge in [0.1, 0.15) is 0 Å². The summed E-state index contributed by atoms with van der Waals surface area (Å²) in [5.41, 5.74) is 0. The Morgan fingerprint density at radius 1 is 0.933 bits per heavy atom. The topological polar surface area (TPSA) is 37.3 Å². The molecule has 0 bridgehead atoms. The molecule has 15 heavy (non-hydrogen) atoms. The van der Waals surface area contributed by atoms with Crippen molar-refractivity contribution in [3.8, 4) is 0 Å². The van der Waals surface area contributed by atoms with Crippen molar-refractivity contribution in [2.24, 2.45) is 0 Å². The number of carbonyl (C=O) groups is 1. The second kappa shape index (κ2) is 0.405. The minimum absolute atomic E-state index is 0. The molecule has 1 N–H and O–H groups in total. The first-order valence-electron chi connectivity index (χ1n) is 5.94. The van der Waals surface area contributed by atoms with Crippen LogP contribution in [0, 0.1) is 0 Å². The van der Waals surface area contributed by atoms with Gasteiger partial charge in [-0.25, -0.2) is 0 Å². The SMILES string of the molecule is O=C(O)[C]12[CH]3[CH]4[CH]5[CH]1[Fe]45321678[CH]2[CH]1[CH]6[CH]7[CH]28.[LiH]. The van der Waals surface area contributed by atoms with Gasteiger partial charge in [0.15, 0.2) is 0 Å². The number of aliphatic carboxylic acids is 1. The van der Waals surface area contributed by atoms with E-state index < -0.39 is 6.51 Å². The Kier molecular flexibility index (Phi) is 0.161. The molecule has 2 nitrogen and oxygen atoms in total. The molecule has 76 valence electrons. The zero-order valence-corrected chi connectivity index (χ0v) is 8.51. The van der Waals surface area contributed by atoms with Crippen molar-refractivity contribution in [3.05, 3.63) is 0 Å². The third kappa shape index (κ3) is 0.0479. The molecular formula is C11H11FeLiO2. The molecule has 0 aromatic carbocycles. The van der Waals surface area contributed by atoms with Crippen LogP contribution in [0.2, 0.25) is 47.7 Å². The van der Waals surface area contributed by atoms with Crippen molar-refractivity contribution >= 4 is 24.8 Å². The number of hydrogen-bond donors (Lipinski definition) is 1. The molecule has 10 heterocycles. The Hall–Kier alpha value is 0.587. The quantitative estimate of drug-likeness (QED) is 0.711. The van der Waals surface area contributed by atoms with E-state index in [0.29, 0.717) is 0 Å². The van der Waals surface area contributed by atoms with Crippen molar-refractivity contribution in [2.75, 3.05) is 0 Å². The van der Waals surface area contributed by atoms with E-state index >= 15 is 0 Å². The molecular weight excluding hydrogens is 227 g/mol. The van der Waals surface area contributed by atoms with E-state index in [0.717, 1.165) is 9.63 Å². The first-order valence-corrected chi connectivity index (χ1v) is 12.2. The monoisotopic (exact) mass is 238 g/mol. The van der Waals surface area contributed by atoms with Crippen LogP contribution in [0.4, 0.5) is 0 Å². The van der Waals surface area contributed by atoms with Crippen molar-refractivity contribution in [3.63, 3.8) is 0 Å². The van der Waals surface area contributed by atoms with Gasteiger partial charge in [-0.15, -0.1) is 0 Å². The third-order valence-corrected chi connectivity index (χ3v) is 57.3. The van der Waals surface area contributed by atoms with Crippen LogP contribution in [-0.2, 0) is 11.3 Å². The van der Waals surface area contributed by atoms with Gasteiger partial charge < -0.3 is 0 Å². The van der Waals surface area contributed by atoms with E-state index in [-0.39, 0.29) is 29.1 Å². The first kappa shape index (κ1) is 5.96. The summed E-state index contributed by atoms with van der Waals surface area (Å²) in [6.07, 6.45) is 0. The van der Waals surface area contributed by atoms with Gasteiger partial charge in [0.25, 0.3) is 0 Å². The molecule has 4 atom stereocenters. The summed E-state index contributed by atoms with van der Waals surface area (Å²) >= 11 is 0. The van der Waals surface area contributed by atoms with Crippen LogP contribution < -0.4 is 0 Å². The molecule has 10 aliphatic rings. The van der Waals surface area contributed by atoms with Crippen molar-refractivity contribution < 1.29 is 16.4 Å². The molecule has 0 amide bonds. The molecule has 0 aliphatic carbocycles. The average molecular weight is 238 g/mol. The van der Waals surface area contributed by atoms with Crippen LogP contribution in [0.5, 0.6) is 0 Å². The predicted molar refractivity (Wildman–Crippen MR) is 51.2 cm³/mol. The minimum atomic E-state index is -3.19. The molecule has 4 unspecified atom stereocenters. The Morgan fingerprint density at radius 2 is 1.33 bits per heavy atom. The molecule has 1 spiro atoms. The fraction of sp³-hybridized carbons (Fsp3) is 0.909. The molecule has 0 radical (unpaired) electrons. The average Bonchev–Trinajstić information content (AvgIpc) is 3.13. The molecule has 10 aliphatic heterocycles. The van der Waals surface area contributed by atoms with Crippen LogP contribution >= 0.6 is 0 Å². The van der Waals surface area contributed by atoms with Gasteiger partial charge in [0.2, 0.25) is 0 Å². The summed E-state index contributed by atoms with van der Waals surface area (Å²) in [6.45, 7) is -3.19. The summed E-state index contributed by atoms with van der Waals surface area (Å²) in [7, 11) is 0. The normalized spacial score (nSPS) is 132. The first-order chi connectivity index (χ1) is 6.49. The fourth-order valence-electron chi connectivity index (χ4n) is 16.8. The van der Waals surface area contributed by atoms with Crippen molar-refractivity contribution in [2.45, 2.75) is 47.7 Å². The Balaban J connectivity index is 0.000000529. The molecule has 0 aromatic heterocycles. The van der Waals surface area contributed by atoms with E-state index in [1.807, 2.05) is 0 Å². The van der Waals surface area contributed by atoms with Gasteiger partial charge in [0, 0.05) is 0 Å². The van der Waals surface area contributed by atoms with E-state index in [2.05, 4.69) is 0 Å². The van der Waals surface area contributed by atoms with Crippen molar-refractivity contribution in [1.29, 1.82) is 0 Å². The second-order valence-electron chi connectivity index (χ2n) is 9.98. The molecule has 10 fully saturated rings. The van der Waals surface area contributed by atoms with Crippen LogP contribution in [0.3, 0.4) is 0 Å². The summed E-state index contributed by atoms with van der Waals surface area (Å²) < 4.78 is 0.110. The van der Waals surface area contributed by atoms with E-state index in [1.54, 1.807) is 0 Å². The second-order valence-corrected chi connectivity index (χ2v) is 33.5. The van der Waals surface area contributed by atoms with Crippen molar-refractivity contribution in [1.82, 2.24) is 0 Å². The van der Waals surface area contributed by atoms with Gasteiger partial charge in [-0.3, -0.25) is 0 Å². The van der Waals surface area contributed by atoms with Gasteiger partial charge >= 0.3 is 88.9 Å². The Bertz CT molecular complexity index is 853. The number of rotatable bonds is 1.